The Balaban J connectivity index is 1.88. The van der Waals surface area contributed by atoms with Crippen LogP contribution in [0.15, 0.2) is 18.2 Å². The molecule has 1 heterocycles. The standard InChI is InChI=1S/C19H32N2/c1-4-6-7-8-9-13-21-14-12-18-15-17(10-11-19(18)21)16(3)20-5-2/h10-11,15-16,20H,4-9,12-14H2,1-3H3. The molecule has 0 radical (unpaired) electrons. The highest BCUT2D eigenvalue weighted by molar-refractivity contribution is 5.59. The van der Waals surface area contributed by atoms with E-state index in [-0.39, 0.29) is 0 Å². The minimum atomic E-state index is 0.461. The number of unbranched alkanes of at least 4 members (excludes halogenated alkanes) is 4. The van der Waals surface area contributed by atoms with Crippen molar-refractivity contribution in [2.24, 2.45) is 0 Å². The van der Waals surface area contributed by atoms with Gasteiger partial charge in [0.05, 0.1) is 0 Å². The molecule has 0 bridgehead atoms. The summed E-state index contributed by atoms with van der Waals surface area (Å²) >= 11 is 0. The first-order valence-electron chi connectivity index (χ1n) is 8.87. The summed E-state index contributed by atoms with van der Waals surface area (Å²) in [6.07, 6.45) is 8.07. The molecule has 0 saturated carbocycles. The lowest BCUT2D eigenvalue weighted by molar-refractivity contribution is 0.598. The molecular formula is C19H32N2. The number of rotatable bonds is 9. The second-order valence-electron chi connectivity index (χ2n) is 6.32. The van der Waals surface area contributed by atoms with Gasteiger partial charge in [0.15, 0.2) is 0 Å². The third-order valence-electron chi connectivity index (χ3n) is 4.64. The van der Waals surface area contributed by atoms with Crippen LogP contribution in [-0.4, -0.2) is 19.6 Å². The van der Waals surface area contributed by atoms with Crippen molar-refractivity contribution in [3.05, 3.63) is 29.3 Å². The molecule has 1 aromatic rings. The zero-order valence-corrected chi connectivity index (χ0v) is 14.1. The summed E-state index contributed by atoms with van der Waals surface area (Å²) in [6, 6.07) is 7.53. The Bertz CT molecular complexity index is 428. The predicted molar refractivity (Wildman–Crippen MR) is 93.2 cm³/mol. The summed E-state index contributed by atoms with van der Waals surface area (Å²) < 4.78 is 0. The molecule has 1 aliphatic rings. The number of anilines is 1. The average Bonchev–Trinajstić information content (AvgIpc) is 2.90. The molecule has 0 amide bonds. The van der Waals surface area contributed by atoms with Gasteiger partial charge in [0.2, 0.25) is 0 Å². The lowest BCUT2D eigenvalue weighted by Gasteiger charge is -2.20. The summed E-state index contributed by atoms with van der Waals surface area (Å²) in [5.41, 5.74) is 4.46. The molecule has 2 heteroatoms. The Kier molecular flexibility index (Phi) is 6.56. The minimum absolute atomic E-state index is 0.461. The number of nitrogens with zero attached hydrogens (tertiary/aromatic N) is 1. The monoisotopic (exact) mass is 288 g/mol. The highest BCUT2D eigenvalue weighted by atomic mass is 15.1. The fraction of sp³-hybridized carbons (Fsp3) is 0.684. The zero-order valence-electron chi connectivity index (χ0n) is 14.1. The van der Waals surface area contributed by atoms with E-state index in [2.05, 4.69) is 49.2 Å². The van der Waals surface area contributed by atoms with Crippen LogP contribution in [0.3, 0.4) is 0 Å². The molecule has 0 aromatic heterocycles. The number of benzene rings is 1. The molecule has 1 aliphatic heterocycles. The maximum Gasteiger partial charge on any atom is 0.0399 e. The van der Waals surface area contributed by atoms with Gasteiger partial charge in [0.1, 0.15) is 0 Å². The Morgan fingerprint density at radius 3 is 2.71 bits per heavy atom. The zero-order chi connectivity index (χ0) is 15.1. The molecule has 0 spiro atoms. The normalized spacial score (nSPS) is 15.3. The van der Waals surface area contributed by atoms with E-state index in [0.29, 0.717) is 6.04 Å². The quantitative estimate of drug-likeness (QED) is 0.663. The van der Waals surface area contributed by atoms with E-state index >= 15 is 0 Å². The van der Waals surface area contributed by atoms with E-state index in [9.17, 15) is 0 Å². The topological polar surface area (TPSA) is 15.3 Å². The summed E-state index contributed by atoms with van der Waals surface area (Å²) in [7, 11) is 0. The summed E-state index contributed by atoms with van der Waals surface area (Å²) in [4.78, 5) is 2.59. The molecule has 0 aliphatic carbocycles. The van der Waals surface area contributed by atoms with Gasteiger partial charge in [0.25, 0.3) is 0 Å². The highest BCUT2D eigenvalue weighted by Crippen LogP contribution is 2.30. The van der Waals surface area contributed by atoms with Crippen LogP contribution in [0.25, 0.3) is 0 Å². The van der Waals surface area contributed by atoms with Crippen molar-refractivity contribution in [1.29, 1.82) is 0 Å². The lowest BCUT2D eigenvalue weighted by atomic mass is 10.0. The van der Waals surface area contributed by atoms with Crippen LogP contribution < -0.4 is 10.2 Å². The van der Waals surface area contributed by atoms with Crippen LogP contribution in [-0.2, 0) is 6.42 Å². The van der Waals surface area contributed by atoms with E-state index in [1.807, 2.05) is 0 Å². The van der Waals surface area contributed by atoms with Crippen molar-refractivity contribution in [2.45, 2.75) is 65.3 Å². The fourth-order valence-corrected chi connectivity index (χ4v) is 3.32. The summed E-state index contributed by atoms with van der Waals surface area (Å²) in [5.74, 6) is 0. The first-order chi connectivity index (χ1) is 10.3. The van der Waals surface area contributed by atoms with E-state index in [1.165, 1.54) is 62.9 Å². The van der Waals surface area contributed by atoms with Crippen LogP contribution in [0.4, 0.5) is 5.69 Å². The number of nitrogens with one attached hydrogen (secondary N) is 1. The molecule has 1 unspecified atom stereocenters. The van der Waals surface area contributed by atoms with Gasteiger partial charge in [-0.05, 0) is 43.5 Å². The molecule has 0 fully saturated rings. The van der Waals surface area contributed by atoms with Crippen LogP contribution in [0, 0.1) is 0 Å². The lowest BCUT2D eigenvalue weighted by Crippen LogP contribution is -2.21. The van der Waals surface area contributed by atoms with Gasteiger partial charge >= 0.3 is 0 Å². The Morgan fingerprint density at radius 2 is 1.95 bits per heavy atom. The van der Waals surface area contributed by atoms with Crippen molar-refractivity contribution < 1.29 is 0 Å². The third-order valence-corrected chi connectivity index (χ3v) is 4.64. The highest BCUT2D eigenvalue weighted by Gasteiger charge is 2.19. The first-order valence-corrected chi connectivity index (χ1v) is 8.87. The number of hydrogen-bond donors (Lipinski definition) is 1. The van der Waals surface area contributed by atoms with Crippen LogP contribution in [0.2, 0.25) is 0 Å². The van der Waals surface area contributed by atoms with Crippen molar-refractivity contribution in [3.8, 4) is 0 Å². The predicted octanol–water partition coefficient (Wildman–Crippen LogP) is 4.69. The molecule has 1 atom stereocenters. The molecule has 118 valence electrons. The van der Waals surface area contributed by atoms with E-state index in [4.69, 9.17) is 0 Å². The summed E-state index contributed by atoms with van der Waals surface area (Å²) in [6.45, 7) is 10.2. The van der Waals surface area contributed by atoms with Crippen molar-refractivity contribution in [3.63, 3.8) is 0 Å². The van der Waals surface area contributed by atoms with Gasteiger partial charge in [-0.25, -0.2) is 0 Å². The smallest absolute Gasteiger partial charge is 0.0399 e. The first kappa shape index (κ1) is 16.4. The number of hydrogen-bond acceptors (Lipinski definition) is 2. The molecule has 2 nitrogen and oxygen atoms in total. The van der Waals surface area contributed by atoms with E-state index in [0.717, 1.165) is 6.54 Å². The van der Waals surface area contributed by atoms with Gasteiger partial charge in [0, 0.05) is 24.8 Å². The van der Waals surface area contributed by atoms with Crippen molar-refractivity contribution >= 4 is 5.69 Å². The maximum atomic E-state index is 3.50. The Labute approximate surface area is 130 Å². The Morgan fingerprint density at radius 1 is 1.14 bits per heavy atom. The van der Waals surface area contributed by atoms with Crippen LogP contribution >= 0.6 is 0 Å². The maximum absolute atomic E-state index is 3.50. The SMILES string of the molecule is CCCCCCCN1CCc2cc(C(C)NCC)ccc21. The van der Waals surface area contributed by atoms with E-state index in [1.54, 1.807) is 5.56 Å². The largest absolute Gasteiger partial charge is 0.371 e. The van der Waals surface area contributed by atoms with E-state index < -0.39 is 0 Å². The van der Waals surface area contributed by atoms with Gasteiger partial charge in [-0.15, -0.1) is 0 Å². The van der Waals surface area contributed by atoms with Crippen LogP contribution in [0.1, 0.15) is 70.0 Å². The minimum Gasteiger partial charge on any atom is -0.371 e. The van der Waals surface area contributed by atoms with Crippen LogP contribution in [0.5, 0.6) is 0 Å². The van der Waals surface area contributed by atoms with Gasteiger partial charge in [-0.1, -0.05) is 51.7 Å². The third kappa shape index (κ3) is 4.47. The molecule has 21 heavy (non-hydrogen) atoms. The molecule has 0 saturated heterocycles. The fourth-order valence-electron chi connectivity index (χ4n) is 3.32. The van der Waals surface area contributed by atoms with Crippen molar-refractivity contribution in [2.75, 3.05) is 24.5 Å². The van der Waals surface area contributed by atoms with Gasteiger partial charge < -0.3 is 10.2 Å². The number of fused-ring (bicyclic) bond motifs is 1. The second kappa shape index (κ2) is 8.43. The molecule has 1 N–H and O–H groups in total. The molecule has 1 aromatic carbocycles. The summed E-state index contributed by atoms with van der Waals surface area (Å²) in [5, 5.41) is 3.50. The average molecular weight is 288 g/mol. The van der Waals surface area contributed by atoms with Gasteiger partial charge in [-0.2, -0.15) is 0 Å². The van der Waals surface area contributed by atoms with Crippen molar-refractivity contribution in [1.82, 2.24) is 5.32 Å². The Hall–Kier alpha value is -1.02. The van der Waals surface area contributed by atoms with Gasteiger partial charge in [-0.3, -0.25) is 0 Å². The second-order valence-corrected chi connectivity index (χ2v) is 6.32. The molecular weight excluding hydrogens is 256 g/mol. The molecule has 2 rings (SSSR count).